The Morgan fingerprint density at radius 1 is 1.20 bits per heavy atom. The summed E-state index contributed by atoms with van der Waals surface area (Å²) in [6, 6.07) is 11.6. The number of pyridine rings is 1. The SMILES string of the molecule is Cn1ccc(C(=O)Nc2c(C(N)=O)sc3nc(C(F)F)cc(-c4ccccc4)c23)n1. The van der Waals surface area contributed by atoms with Crippen LogP contribution in [0.1, 0.15) is 32.3 Å². The molecule has 0 aliphatic heterocycles. The molecule has 2 amide bonds. The van der Waals surface area contributed by atoms with E-state index in [1.807, 2.05) is 0 Å². The van der Waals surface area contributed by atoms with Crippen LogP contribution in [-0.4, -0.2) is 26.6 Å². The number of carbonyl (C=O) groups is 2. The number of aromatic nitrogens is 3. The number of fused-ring (bicyclic) bond motifs is 1. The zero-order valence-electron chi connectivity index (χ0n) is 15.6. The molecule has 0 spiro atoms. The minimum atomic E-state index is -2.80. The molecule has 4 rings (SSSR count). The van der Waals surface area contributed by atoms with Crippen LogP contribution in [0.2, 0.25) is 0 Å². The van der Waals surface area contributed by atoms with Gasteiger partial charge in [0.15, 0.2) is 5.69 Å². The van der Waals surface area contributed by atoms with Crippen LogP contribution in [0.3, 0.4) is 0 Å². The van der Waals surface area contributed by atoms with Crippen molar-refractivity contribution in [1.29, 1.82) is 0 Å². The smallest absolute Gasteiger partial charge is 0.280 e. The van der Waals surface area contributed by atoms with Crippen molar-refractivity contribution in [3.8, 4) is 11.1 Å². The average Bonchev–Trinajstić information content (AvgIpc) is 3.32. The third kappa shape index (κ3) is 3.52. The van der Waals surface area contributed by atoms with E-state index in [-0.39, 0.29) is 21.1 Å². The van der Waals surface area contributed by atoms with Gasteiger partial charge in [-0.25, -0.2) is 13.8 Å². The molecular formula is C20H15F2N5O2S. The first-order valence-electron chi connectivity index (χ1n) is 8.77. The molecule has 4 aromatic rings. The van der Waals surface area contributed by atoms with Gasteiger partial charge in [-0.05, 0) is 23.3 Å². The molecule has 10 heteroatoms. The molecule has 0 unspecified atom stereocenters. The summed E-state index contributed by atoms with van der Waals surface area (Å²) in [6.07, 6.45) is -1.20. The van der Waals surface area contributed by atoms with Crippen molar-refractivity contribution in [3.05, 3.63) is 64.9 Å². The van der Waals surface area contributed by atoms with E-state index in [0.29, 0.717) is 16.5 Å². The minimum Gasteiger partial charge on any atom is -0.365 e. The summed E-state index contributed by atoms with van der Waals surface area (Å²) in [6.45, 7) is 0. The number of amides is 2. The highest BCUT2D eigenvalue weighted by Gasteiger charge is 2.25. The number of rotatable bonds is 5. The van der Waals surface area contributed by atoms with Crippen molar-refractivity contribution in [2.24, 2.45) is 12.8 Å². The number of nitrogens with zero attached hydrogens (tertiary/aromatic N) is 3. The van der Waals surface area contributed by atoms with Crippen molar-refractivity contribution < 1.29 is 18.4 Å². The third-order valence-corrected chi connectivity index (χ3v) is 5.50. The molecule has 3 aromatic heterocycles. The maximum atomic E-state index is 13.5. The van der Waals surface area contributed by atoms with Crippen LogP contribution in [0.4, 0.5) is 14.5 Å². The topological polar surface area (TPSA) is 103 Å². The molecule has 0 atom stereocenters. The predicted molar refractivity (Wildman–Crippen MR) is 110 cm³/mol. The van der Waals surface area contributed by atoms with Gasteiger partial charge in [0.2, 0.25) is 0 Å². The number of carbonyl (C=O) groups excluding carboxylic acids is 2. The van der Waals surface area contributed by atoms with Crippen LogP contribution < -0.4 is 11.1 Å². The number of halogens is 2. The summed E-state index contributed by atoms with van der Waals surface area (Å²) >= 11 is 0.855. The Hall–Kier alpha value is -3.66. The second-order valence-electron chi connectivity index (χ2n) is 6.44. The predicted octanol–water partition coefficient (Wildman–Crippen LogP) is 3.99. The second kappa shape index (κ2) is 7.64. The van der Waals surface area contributed by atoms with Gasteiger partial charge in [0.05, 0.1) is 5.69 Å². The number of anilines is 1. The van der Waals surface area contributed by atoms with Crippen LogP contribution in [0.5, 0.6) is 0 Å². The van der Waals surface area contributed by atoms with Gasteiger partial charge in [0.25, 0.3) is 18.2 Å². The van der Waals surface area contributed by atoms with E-state index in [1.54, 1.807) is 43.6 Å². The lowest BCUT2D eigenvalue weighted by atomic mass is 10.0. The lowest BCUT2D eigenvalue weighted by molar-refractivity contribution is 0.100. The van der Waals surface area contributed by atoms with Crippen molar-refractivity contribution in [1.82, 2.24) is 14.8 Å². The summed E-state index contributed by atoms with van der Waals surface area (Å²) in [7, 11) is 1.66. The fraction of sp³-hybridized carbons (Fsp3) is 0.100. The first kappa shape index (κ1) is 19.6. The summed E-state index contributed by atoms with van der Waals surface area (Å²) in [5.41, 5.74) is 6.39. The molecule has 0 saturated heterocycles. The van der Waals surface area contributed by atoms with Gasteiger partial charge in [0.1, 0.15) is 15.4 Å². The number of thiophene rings is 1. The first-order valence-corrected chi connectivity index (χ1v) is 9.58. The molecule has 7 nitrogen and oxygen atoms in total. The number of nitrogens with two attached hydrogens (primary N) is 1. The number of nitrogens with one attached hydrogen (secondary N) is 1. The molecule has 30 heavy (non-hydrogen) atoms. The van der Waals surface area contributed by atoms with Crippen LogP contribution in [0.15, 0.2) is 48.7 Å². The lowest BCUT2D eigenvalue weighted by Crippen LogP contribution is -2.17. The van der Waals surface area contributed by atoms with Crippen molar-refractivity contribution in [2.45, 2.75) is 6.43 Å². The van der Waals surface area contributed by atoms with E-state index >= 15 is 0 Å². The second-order valence-corrected chi connectivity index (χ2v) is 7.44. The summed E-state index contributed by atoms with van der Waals surface area (Å²) < 4.78 is 28.4. The maximum absolute atomic E-state index is 13.5. The number of alkyl halides is 2. The number of aryl methyl sites for hydroxylation is 1. The van der Waals surface area contributed by atoms with Gasteiger partial charge in [-0.3, -0.25) is 14.3 Å². The summed E-state index contributed by atoms with van der Waals surface area (Å²) in [4.78, 5) is 29.0. The molecule has 0 radical (unpaired) electrons. The Morgan fingerprint density at radius 3 is 2.53 bits per heavy atom. The molecule has 0 aliphatic rings. The zero-order valence-corrected chi connectivity index (χ0v) is 16.4. The van der Waals surface area contributed by atoms with E-state index in [2.05, 4.69) is 15.4 Å². The normalized spacial score (nSPS) is 11.2. The van der Waals surface area contributed by atoms with Crippen LogP contribution in [0.25, 0.3) is 21.3 Å². The van der Waals surface area contributed by atoms with Crippen LogP contribution in [0, 0.1) is 0 Å². The largest absolute Gasteiger partial charge is 0.365 e. The molecule has 152 valence electrons. The van der Waals surface area contributed by atoms with Crippen molar-refractivity contribution in [2.75, 3.05) is 5.32 Å². The third-order valence-electron chi connectivity index (χ3n) is 4.40. The number of hydrogen-bond acceptors (Lipinski definition) is 5. The Morgan fingerprint density at radius 2 is 1.93 bits per heavy atom. The van der Waals surface area contributed by atoms with Gasteiger partial charge in [0, 0.05) is 18.6 Å². The summed E-state index contributed by atoms with van der Waals surface area (Å²) in [5.74, 6) is -1.36. The van der Waals surface area contributed by atoms with Gasteiger partial charge < -0.3 is 11.1 Å². The van der Waals surface area contributed by atoms with Gasteiger partial charge >= 0.3 is 0 Å². The summed E-state index contributed by atoms with van der Waals surface area (Å²) in [5, 5.41) is 7.08. The molecule has 0 bridgehead atoms. The minimum absolute atomic E-state index is 0.0189. The standard InChI is InChI=1S/C20H15F2N5O2S/c1-27-8-7-12(26-27)19(29)25-15-14-11(10-5-3-2-4-6-10)9-13(17(21)22)24-20(14)30-16(15)18(23)28/h2-9,17H,1H3,(H2,23,28)(H,25,29). The molecule has 3 N–H and O–H groups in total. The van der Waals surface area contributed by atoms with E-state index in [4.69, 9.17) is 5.73 Å². The molecule has 0 fully saturated rings. The van der Waals surface area contributed by atoms with Crippen LogP contribution in [-0.2, 0) is 7.05 Å². The Balaban J connectivity index is 1.97. The first-order chi connectivity index (χ1) is 14.3. The highest BCUT2D eigenvalue weighted by molar-refractivity contribution is 7.21. The van der Waals surface area contributed by atoms with Crippen molar-refractivity contribution in [3.63, 3.8) is 0 Å². The van der Waals surface area contributed by atoms with Gasteiger partial charge in [-0.15, -0.1) is 11.3 Å². The van der Waals surface area contributed by atoms with Crippen molar-refractivity contribution >= 4 is 39.1 Å². The monoisotopic (exact) mass is 427 g/mol. The molecule has 3 heterocycles. The quantitative estimate of drug-likeness (QED) is 0.503. The average molecular weight is 427 g/mol. The van der Waals surface area contributed by atoms with E-state index in [9.17, 15) is 18.4 Å². The van der Waals surface area contributed by atoms with E-state index in [1.165, 1.54) is 16.8 Å². The Labute approximate surface area is 173 Å². The van der Waals surface area contributed by atoms with Crippen LogP contribution >= 0.6 is 11.3 Å². The maximum Gasteiger partial charge on any atom is 0.280 e. The number of benzene rings is 1. The molecule has 0 saturated carbocycles. The number of hydrogen-bond donors (Lipinski definition) is 2. The lowest BCUT2D eigenvalue weighted by Gasteiger charge is -2.10. The highest BCUT2D eigenvalue weighted by atomic mass is 32.1. The zero-order chi connectivity index (χ0) is 21.4. The van der Waals surface area contributed by atoms with E-state index < -0.39 is 23.9 Å². The van der Waals surface area contributed by atoms with E-state index in [0.717, 1.165) is 11.3 Å². The Bertz CT molecular complexity index is 1270. The number of primary amides is 1. The molecule has 1 aromatic carbocycles. The fourth-order valence-electron chi connectivity index (χ4n) is 3.08. The van der Waals surface area contributed by atoms with Gasteiger partial charge in [-0.1, -0.05) is 30.3 Å². The van der Waals surface area contributed by atoms with Gasteiger partial charge in [-0.2, -0.15) is 5.10 Å². The molecular weight excluding hydrogens is 412 g/mol. The fourth-order valence-corrected chi connectivity index (χ4v) is 4.10. The molecule has 0 aliphatic carbocycles. The Kier molecular flexibility index (Phi) is 5.00. The highest BCUT2D eigenvalue weighted by Crippen LogP contribution is 2.42.